The first-order chi connectivity index (χ1) is 12.2. The van der Waals surface area contributed by atoms with Crippen molar-refractivity contribution in [1.29, 1.82) is 0 Å². The number of halogens is 1. The van der Waals surface area contributed by atoms with E-state index in [0.29, 0.717) is 16.9 Å². The number of aliphatic imine (C=N–C) groups is 1. The Morgan fingerprint density at radius 2 is 2.20 bits per heavy atom. The summed E-state index contributed by atoms with van der Waals surface area (Å²) in [5.41, 5.74) is 2.06. The van der Waals surface area contributed by atoms with E-state index in [1.54, 1.807) is 0 Å². The molecule has 25 heavy (non-hydrogen) atoms. The van der Waals surface area contributed by atoms with Gasteiger partial charge in [-0.05, 0) is 37.3 Å². The fourth-order valence-corrected chi connectivity index (χ4v) is 4.76. The lowest BCUT2D eigenvalue weighted by molar-refractivity contribution is 0.292. The average Bonchev–Trinajstić information content (AvgIpc) is 3.13. The summed E-state index contributed by atoms with van der Waals surface area (Å²) in [7, 11) is 0. The van der Waals surface area contributed by atoms with Crippen LogP contribution in [0.25, 0.3) is 0 Å². The zero-order chi connectivity index (χ0) is 17.4. The van der Waals surface area contributed by atoms with Crippen molar-refractivity contribution in [2.75, 3.05) is 13.2 Å². The minimum absolute atomic E-state index is 0.0473. The molecule has 130 valence electrons. The number of rotatable bonds is 4. The van der Waals surface area contributed by atoms with Crippen LogP contribution in [0.3, 0.4) is 0 Å². The van der Waals surface area contributed by atoms with Crippen LogP contribution in [-0.2, 0) is 0 Å². The van der Waals surface area contributed by atoms with Crippen molar-refractivity contribution < 1.29 is 4.74 Å². The summed E-state index contributed by atoms with van der Waals surface area (Å²) in [6.07, 6.45) is 1.83. The van der Waals surface area contributed by atoms with E-state index in [4.69, 9.17) is 21.3 Å². The molecule has 0 bridgehead atoms. The van der Waals surface area contributed by atoms with Gasteiger partial charge in [0.25, 0.3) is 0 Å². The van der Waals surface area contributed by atoms with Gasteiger partial charge in [0, 0.05) is 28.6 Å². The lowest BCUT2D eigenvalue weighted by Gasteiger charge is -2.29. The third-order valence-corrected chi connectivity index (χ3v) is 5.81. The number of hydrogen-bond acceptors (Lipinski definition) is 5. The van der Waals surface area contributed by atoms with E-state index in [9.17, 15) is 0 Å². The maximum absolute atomic E-state index is 6.33. The van der Waals surface area contributed by atoms with Gasteiger partial charge >= 0.3 is 0 Å². The summed E-state index contributed by atoms with van der Waals surface area (Å²) in [5, 5.41) is 2.34. The standard InChI is InChI=1S/C19H20ClN3OS/c1-3-24-16-8-7-13(20)10-14(16)18-17(15-6-4-5-9-21-15)22-19-23(18)11-12(2)25-19/h4-10,12,17-18H,3,11H2,1-2H3/t12-,17-,18+/m0/s1. The van der Waals surface area contributed by atoms with Crippen LogP contribution in [0.15, 0.2) is 47.6 Å². The van der Waals surface area contributed by atoms with E-state index in [1.807, 2.05) is 61.3 Å². The molecular formula is C19H20ClN3OS. The van der Waals surface area contributed by atoms with Crippen LogP contribution < -0.4 is 4.74 Å². The molecule has 0 aliphatic carbocycles. The SMILES string of the molecule is CCOc1ccc(Cl)cc1[C@@H]1[C@H](c2ccccn2)N=C2S[C@@H](C)CN21. The number of ether oxygens (including phenoxy) is 1. The first-order valence-corrected chi connectivity index (χ1v) is 9.77. The van der Waals surface area contributed by atoms with Crippen LogP contribution in [0.1, 0.15) is 37.2 Å². The van der Waals surface area contributed by atoms with E-state index in [2.05, 4.69) is 16.8 Å². The Hall–Kier alpha value is -1.72. The Kier molecular flexibility index (Phi) is 4.61. The average molecular weight is 374 g/mol. The van der Waals surface area contributed by atoms with E-state index < -0.39 is 0 Å². The first-order valence-electron chi connectivity index (χ1n) is 8.51. The number of hydrogen-bond donors (Lipinski definition) is 0. The minimum atomic E-state index is -0.0473. The number of benzene rings is 1. The predicted molar refractivity (Wildman–Crippen MR) is 104 cm³/mol. The molecule has 4 rings (SSSR count). The molecular weight excluding hydrogens is 354 g/mol. The zero-order valence-corrected chi connectivity index (χ0v) is 15.8. The van der Waals surface area contributed by atoms with Gasteiger partial charge in [-0.2, -0.15) is 0 Å². The smallest absolute Gasteiger partial charge is 0.160 e. The molecule has 2 aliphatic rings. The van der Waals surface area contributed by atoms with Gasteiger partial charge in [0.1, 0.15) is 11.8 Å². The van der Waals surface area contributed by atoms with E-state index in [0.717, 1.165) is 28.7 Å². The fourth-order valence-electron chi connectivity index (χ4n) is 3.49. The number of nitrogens with zero attached hydrogens (tertiary/aromatic N) is 3. The topological polar surface area (TPSA) is 37.7 Å². The Bertz CT molecular complexity index is 799. The molecule has 0 saturated carbocycles. The molecule has 0 spiro atoms. The summed E-state index contributed by atoms with van der Waals surface area (Å²) >= 11 is 8.16. The molecule has 1 saturated heterocycles. The maximum Gasteiger partial charge on any atom is 0.160 e. The van der Waals surface area contributed by atoms with Gasteiger partial charge in [-0.15, -0.1) is 0 Å². The van der Waals surface area contributed by atoms with Gasteiger partial charge in [-0.1, -0.05) is 36.4 Å². The fraction of sp³-hybridized carbons (Fsp3) is 0.368. The maximum atomic E-state index is 6.33. The number of fused-ring (bicyclic) bond motifs is 1. The van der Waals surface area contributed by atoms with Crippen LogP contribution in [0, 0.1) is 0 Å². The second-order valence-electron chi connectivity index (χ2n) is 6.25. The summed E-state index contributed by atoms with van der Waals surface area (Å²) in [6, 6.07) is 11.9. The van der Waals surface area contributed by atoms with Gasteiger partial charge in [-0.25, -0.2) is 0 Å². The van der Waals surface area contributed by atoms with E-state index >= 15 is 0 Å². The molecule has 3 atom stereocenters. The minimum Gasteiger partial charge on any atom is -0.494 e. The van der Waals surface area contributed by atoms with Crippen LogP contribution >= 0.6 is 23.4 Å². The molecule has 2 aromatic rings. The Balaban J connectivity index is 1.81. The van der Waals surface area contributed by atoms with Gasteiger partial charge in [0.2, 0.25) is 0 Å². The summed E-state index contributed by atoms with van der Waals surface area (Å²) in [4.78, 5) is 11.9. The molecule has 1 fully saturated rings. The Labute approximate surface area is 157 Å². The Morgan fingerprint density at radius 1 is 1.32 bits per heavy atom. The van der Waals surface area contributed by atoms with Crippen molar-refractivity contribution in [3.63, 3.8) is 0 Å². The van der Waals surface area contributed by atoms with E-state index in [1.165, 1.54) is 0 Å². The van der Waals surface area contributed by atoms with Crippen molar-refractivity contribution in [2.45, 2.75) is 31.2 Å². The highest BCUT2D eigenvalue weighted by atomic mass is 35.5. The third-order valence-electron chi connectivity index (χ3n) is 4.47. The predicted octanol–water partition coefficient (Wildman–Crippen LogP) is 4.72. The summed E-state index contributed by atoms with van der Waals surface area (Å²) in [5.74, 6) is 0.874. The van der Waals surface area contributed by atoms with Crippen LogP contribution in [0.5, 0.6) is 5.75 Å². The molecule has 0 unspecified atom stereocenters. The van der Waals surface area contributed by atoms with Crippen LogP contribution in [0.4, 0.5) is 0 Å². The molecule has 3 heterocycles. The molecule has 2 aliphatic heterocycles. The normalized spacial score (nSPS) is 25.0. The zero-order valence-electron chi connectivity index (χ0n) is 14.2. The first kappa shape index (κ1) is 16.7. The van der Waals surface area contributed by atoms with Crippen molar-refractivity contribution in [1.82, 2.24) is 9.88 Å². The molecule has 6 heteroatoms. The Morgan fingerprint density at radius 3 is 2.96 bits per heavy atom. The highest BCUT2D eigenvalue weighted by Gasteiger charge is 2.44. The number of pyridine rings is 1. The largest absolute Gasteiger partial charge is 0.494 e. The van der Waals surface area contributed by atoms with Gasteiger partial charge in [0.15, 0.2) is 5.17 Å². The van der Waals surface area contributed by atoms with Crippen molar-refractivity contribution in [3.8, 4) is 5.75 Å². The number of amidine groups is 1. The lowest BCUT2D eigenvalue weighted by Crippen LogP contribution is -2.29. The van der Waals surface area contributed by atoms with Gasteiger partial charge in [0.05, 0.1) is 18.3 Å². The van der Waals surface area contributed by atoms with E-state index in [-0.39, 0.29) is 12.1 Å². The third kappa shape index (κ3) is 3.11. The molecule has 0 N–H and O–H groups in total. The molecule has 0 amide bonds. The molecule has 0 radical (unpaired) electrons. The second kappa shape index (κ2) is 6.89. The second-order valence-corrected chi connectivity index (χ2v) is 8.09. The molecule has 4 nitrogen and oxygen atoms in total. The number of aromatic nitrogens is 1. The monoisotopic (exact) mass is 373 g/mol. The number of thioether (sulfide) groups is 1. The molecule has 1 aromatic carbocycles. The van der Waals surface area contributed by atoms with Crippen LogP contribution in [0.2, 0.25) is 5.02 Å². The highest BCUT2D eigenvalue weighted by Crippen LogP contribution is 2.49. The quantitative estimate of drug-likeness (QED) is 0.776. The summed E-state index contributed by atoms with van der Waals surface area (Å²) in [6.45, 7) is 5.82. The van der Waals surface area contributed by atoms with Crippen molar-refractivity contribution >= 4 is 28.5 Å². The molecule has 1 aromatic heterocycles. The summed E-state index contributed by atoms with van der Waals surface area (Å²) < 4.78 is 5.90. The van der Waals surface area contributed by atoms with Gasteiger partial charge < -0.3 is 9.64 Å². The van der Waals surface area contributed by atoms with Gasteiger partial charge in [-0.3, -0.25) is 9.98 Å². The van der Waals surface area contributed by atoms with Crippen molar-refractivity contribution in [2.24, 2.45) is 4.99 Å². The highest BCUT2D eigenvalue weighted by molar-refractivity contribution is 8.14. The lowest BCUT2D eigenvalue weighted by atomic mass is 9.95. The van der Waals surface area contributed by atoms with Crippen LogP contribution in [-0.4, -0.2) is 33.5 Å². The van der Waals surface area contributed by atoms with Crippen molar-refractivity contribution in [3.05, 3.63) is 58.9 Å².